The quantitative estimate of drug-likeness (QED) is 0.859. The van der Waals surface area contributed by atoms with Crippen LogP contribution in [0.25, 0.3) is 10.9 Å². The number of morpholine rings is 1. The number of amides is 1. The van der Waals surface area contributed by atoms with E-state index in [2.05, 4.69) is 20.9 Å². The summed E-state index contributed by atoms with van der Waals surface area (Å²) in [6.07, 6.45) is 3.52. The molecule has 1 amide bonds. The van der Waals surface area contributed by atoms with E-state index in [-0.39, 0.29) is 18.1 Å². The number of carbonyl (C=O) groups is 1. The fourth-order valence-electron chi connectivity index (χ4n) is 3.55. The van der Waals surface area contributed by atoms with Gasteiger partial charge in [0.1, 0.15) is 5.69 Å². The second-order valence-electron chi connectivity index (χ2n) is 5.82. The molecule has 4 nitrogen and oxygen atoms in total. The van der Waals surface area contributed by atoms with E-state index >= 15 is 0 Å². The number of aromatic amines is 1. The summed E-state index contributed by atoms with van der Waals surface area (Å²) in [5, 5.41) is 1.07. The van der Waals surface area contributed by atoms with Gasteiger partial charge < -0.3 is 14.6 Å². The second kappa shape index (κ2) is 5.14. The highest BCUT2D eigenvalue weighted by molar-refractivity contribution is 9.10. The van der Waals surface area contributed by atoms with Gasteiger partial charge in [-0.25, -0.2) is 0 Å². The van der Waals surface area contributed by atoms with Crippen molar-refractivity contribution in [2.45, 2.75) is 31.4 Å². The molecule has 2 unspecified atom stereocenters. The first-order valence-corrected chi connectivity index (χ1v) is 8.22. The standard InChI is InChI=1S/C16H17BrN2O2/c17-11-5-4-10-8-13(18-12(10)9-11)16(20)19-6-7-21-15-3-1-2-14(15)19/h4-5,8-9,14-15,18H,1-3,6-7H2. The first kappa shape index (κ1) is 13.3. The molecule has 110 valence electrons. The third-order valence-corrected chi connectivity index (χ3v) is 5.05. The molecule has 2 fully saturated rings. The number of nitrogens with one attached hydrogen (secondary N) is 1. The number of ether oxygens (including phenoxy) is 1. The van der Waals surface area contributed by atoms with Gasteiger partial charge in [-0.15, -0.1) is 0 Å². The maximum Gasteiger partial charge on any atom is 0.270 e. The van der Waals surface area contributed by atoms with Crippen LogP contribution >= 0.6 is 15.9 Å². The van der Waals surface area contributed by atoms with Gasteiger partial charge >= 0.3 is 0 Å². The van der Waals surface area contributed by atoms with Crippen molar-refractivity contribution in [1.29, 1.82) is 0 Å². The Morgan fingerprint density at radius 3 is 3.14 bits per heavy atom. The maximum atomic E-state index is 12.8. The summed E-state index contributed by atoms with van der Waals surface area (Å²) in [7, 11) is 0. The van der Waals surface area contributed by atoms with E-state index in [1.54, 1.807) is 0 Å². The average molecular weight is 349 g/mol. The molecule has 2 aromatic rings. The number of carbonyl (C=O) groups excluding carboxylic acids is 1. The van der Waals surface area contributed by atoms with Crippen LogP contribution < -0.4 is 0 Å². The molecule has 0 spiro atoms. The van der Waals surface area contributed by atoms with Gasteiger partial charge in [-0.1, -0.05) is 22.0 Å². The monoisotopic (exact) mass is 348 g/mol. The summed E-state index contributed by atoms with van der Waals surface area (Å²) < 4.78 is 6.79. The fourth-order valence-corrected chi connectivity index (χ4v) is 3.91. The lowest BCUT2D eigenvalue weighted by Gasteiger charge is -2.37. The Morgan fingerprint density at radius 2 is 2.24 bits per heavy atom. The van der Waals surface area contributed by atoms with Crippen LogP contribution in [0, 0.1) is 0 Å². The molecule has 5 heteroatoms. The predicted octanol–water partition coefficient (Wildman–Crippen LogP) is 3.32. The number of aromatic nitrogens is 1. The normalized spacial score (nSPS) is 25.3. The lowest BCUT2D eigenvalue weighted by atomic mass is 10.1. The summed E-state index contributed by atoms with van der Waals surface area (Å²) in [6, 6.07) is 8.22. The van der Waals surface area contributed by atoms with Gasteiger partial charge in [0.25, 0.3) is 5.91 Å². The topological polar surface area (TPSA) is 45.3 Å². The van der Waals surface area contributed by atoms with Crippen LogP contribution in [0.1, 0.15) is 29.8 Å². The molecule has 0 radical (unpaired) electrons. The van der Waals surface area contributed by atoms with Crippen LogP contribution in [0.3, 0.4) is 0 Å². The number of rotatable bonds is 1. The van der Waals surface area contributed by atoms with E-state index < -0.39 is 0 Å². The van der Waals surface area contributed by atoms with Crippen LogP contribution in [-0.2, 0) is 4.74 Å². The zero-order chi connectivity index (χ0) is 14.4. The van der Waals surface area contributed by atoms with Crippen molar-refractivity contribution < 1.29 is 9.53 Å². The number of halogens is 1. The minimum Gasteiger partial charge on any atom is -0.374 e. The number of hydrogen-bond donors (Lipinski definition) is 1. The van der Waals surface area contributed by atoms with Gasteiger partial charge in [0.05, 0.1) is 18.8 Å². The molecule has 2 heterocycles. The van der Waals surface area contributed by atoms with E-state index in [9.17, 15) is 4.79 Å². The number of H-pyrrole nitrogens is 1. The number of fused-ring (bicyclic) bond motifs is 2. The zero-order valence-electron chi connectivity index (χ0n) is 11.6. The van der Waals surface area contributed by atoms with Gasteiger partial charge in [0.2, 0.25) is 0 Å². The van der Waals surface area contributed by atoms with E-state index in [0.29, 0.717) is 18.8 Å². The number of hydrogen-bond acceptors (Lipinski definition) is 2. The van der Waals surface area contributed by atoms with E-state index in [1.807, 2.05) is 29.2 Å². The molecule has 2 atom stereocenters. The molecular formula is C16H17BrN2O2. The van der Waals surface area contributed by atoms with Crippen molar-refractivity contribution in [3.8, 4) is 0 Å². The minimum atomic E-state index is 0.0996. The van der Waals surface area contributed by atoms with Crippen LogP contribution in [-0.4, -0.2) is 41.1 Å². The zero-order valence-corrected chi connectivity index (χ0v) is 13.2. The highest BCUT2D eigenvalue weighted by atomic mass is 79.9. The van der Waals surface area contributed by atoms with E-state index in [1.165, 1.54) is 0 Å². The lowest BCUT2D eigenvalue weighted by Crippen LogP contribution is -2.51. The van der Waals surface area contributed by atoms with Gasteiger partial charge in [0.15, 0.2) is 0 Å². The van der Waals surface area contributed by atoms with Crippen LogP contribution in [0.5, 0.6) is 0 Å². The summed E-state index contributed by atoms with van der Waals surface area (Å²) in [5.74, 6) is 0.0996. The van der Waals surface area contributed by atoms with Gasteiger partial charge in [-0.05, 0) is 37.5 Å². The van der Waals surface area contributed by atoms with Crippen molar-refractivity contribution in [2.24, 2.45) is 0 Å². The van der Waals surface area contributed by atoms with Crippen molar-refractivity contribution in [3.05, 3.63) is 34.4 Å². The van der Waals surface area contributed by atoms with Crippen molar-refractivity contribution in [2.75, 3.05) is 13.2 Å². The SMILES string of the molecule is O=C(c1cc2ccc(Br)cc2[nH]1)N1CCOC2CCCC21. The minimum absolute atomic E-state index is 0.0996. The highest BCUT2D eigenvalue weighted by Crippen LogP contribution is 2.31. The molecule has 2 aliphatic rings. The smallest absolute Gasteiger partial charge is 0.270 e. The number of nitrogens with zero attached hydrogens (tertiary/aromatic N) is 1. The molecule has 0 bridgehead atoms. The van der Waals surface area contributed by atoms with Gasteiger partial charge in [0, 0.05) is 21.9 Å². The third kappa shape index (κ3) is 2.28. The second-order valence-corrected chi connectivity index (χ2v) is 6.74. The Labute approximate surface area is 131 Å². The van der Waals surface area contributed by atoms with Crippen LogP contribution in [0.2, 0.25) is 0 Å². The Bertz CT molecular complexity index is 697. The van der Waals surface area contributed by atoms with Crippen molar-refractivity contribution in [1.82, 2.24) is 9.88 Å². The molecular weight excluding hydrogens is 332 g/mol. The lowest BCUT2D eigenvalue weighted by molar-refractivity contribution is -0.0446. The van der Waals surface area contributed by atoms with Gasteiger partial charge in [-0.3, -0.25) is 4.79 Å². The molecule has 1 N–H and O–H groups in total. The van der Waals surface area contributed by atoms with E-state index in [4.69, 9.17) is 4.74 Å². The average Bonchev–Trinajstić information content (AvgIpc) is 3.11. The molecule has 1 saturated carbocycles. The summed E-state index contributed by atoms with van der Waals surface area (Å²) in [5.41, 5.74) is 1.67. The first-order chi connectivity index (χ1) is 10.2. The third-order valence-electron chi connectivity index (χ3n) is 4.56. The van der Waals surface area contributed by atoms with Crippen molar-refractivity contribution >= 4 is 32.7 Å². The Morgan fingerprint density at radius 1 is 1.33 bits per heavy atom. The first-order valence-electron chi connectivity index (χ1n) is 7.43. The summed E-state index contributed by atoms with van der Waals surface area (Å²) in [4.78, 5) is 18.1. The Hall–Kier alpha value is -1.33. The Kier molecular flexibility index (Phi) is 3.27. The molecule has 1 aromatic carbocycles. The molecule has 1 saturated heterocycles. The molecule has 1 aromatic heterocycles. The largest absolute Gasteiger partial charge is 0.374 e. The maximum absolute atomic E-state index is 12.8. The Balaban J connectivity index is 1.66. The van der Waals surface area contributed by atoms with Crippen LogP contribution in [0.15, 0.2) is 28.7 Å². The van der Waals surface area contributed by atoms with E-state index in [0.717, 1.165) is 34.6 Å². The fraction of sp³-hybridized carbons (Fsp3) is 0.438. The molecule has 4 rings (SSSR count). The molecule has 1 aliphatic heterocycles. The predicted molar refractivity (Wildman–Crippen MR) is 84.4 cm³/mol. The summed E-state index contributed by atoms with van der Waals surface area (Å²) >= 11 is 3.46. The number of benzene rings is 1. The van der Waals surface area contributed by atoms with Gasteiger partial charge in [-0.2, -0.15) is 0 Å². The van der Waals surface area contributed by atoms with Crippen LogP contribution in [0.4, 0.5) is 0 Å². The summed E-state index contributed by atoms with van der Waals surface area (Å²) in [6.45, 7) is 1.34. The highest BCUT2D eigenvalue weighted by Gasteiger charge is 2.38. The molecule has 1 aliphatic carbocycles. The van der Waals surface area contributed by atoms with Crippen molar-refractivity contribution in [3.63, 3.8) is 0 Å². The molecule has 21 heavy (non-hydrogen) atoms.